The lowest BCUT2D eigenvalue weighted by atomic mass is 9.94. The van der Waals surface area contributed by atoms with E-state index in [0.29, 0.717) is 41.9 Å². The van der Waals surface area contributed by atoms with Gasteiger partial charge in [-0.15, -0.1) is 0 Å². The number of halogens is 3. The SMILES string of the molecule is CCCc1cccc(C)c1-n1nc2c(c1-c1cc(C)c(O)c(N)c1C=N)CN(c1ncc(C(F)(F)F)cn1)CC2. The van der Waals surface area contributed by atoms with Crippen molar-refractivity contribution in [3.63, 3.8) is 0 Å². The molecule has 40 heavy (non-hydrogen) atoms. The minimum absolute atomic E-state index is 0.0791. The number of nitrogens with one attached hydrogen (secondary N) is 1. The topological polar surface area (TPSA) is 117 Å². The molecule has 3 heterocycles. The molecule has 0 saturated carbocycles. The van der Waals surface area contributed by atoms with Gasteiger partial charge in [-0.2, -0.15) is 18.3 Å². The summed E-state index contributed by atoms with van der Waals surface area (Å²) in [6.45, 7) is 6.64. The van der Waals surface area contributed by atoms with Crippen LogP contribution in [-0.4, -0.2) is 37.6 Å². The molecule has 0 spiro atoms. The molecule has 0 bridgehead atoms. The summed E-state index contributed by atoms with van der Waals surface area (Å²) in [5.74, 6) is 0.109. The fourth-order valence-corrected chi connectivity index (χ4v) is 5.31. The summed E-state index contributed by atoms with van der Waals surface area (Å²) in [6, 6.07) is 7.91. The second kappa shape index (κ2) is 10.3. The van der Waals surface area contributed by atoms with Crippen molar-refractivity contribution < 1.29 is 18.3 Å². The van der Waals surface area contributed by atoms with E-state index < -0.39 is 11.7 Å². The van der Waals surface area contributed by atoms with Gasteiger partial charge in [-0.1, -0.05) is 31.5 Å². The predicted octanol–water partition coefficient (Wildman–Crippen LogP) is 5.77. The van der Waals surface area contributed by atoms with Crippen LogP contribution in [0.5, 0.6) is 5.75 Å². The first kappa shape index (κ1) is 27.2. The molecule has 0 unspecified atom stereocenters. The lowest BCUT2D eigenvalue weighted by Gasteiger charge is -2.27. The van der Waals surface area contributed by atoms with E-state index in [2.05, 4.69) is 23.0 Å². The molecule has 1 aliphatic rings. The molecule has 4 N–H and O–H groups in total. The summed E-state index contributed by atoms with van der Waals surface area (Å²) in [6.07, 6.45) is 0.474. The van der Waals surface area contributed by atoms with Gasteiger partial charge in [0.25, 0.3) is 0 Å². The molecule has 0 saturated heterocycles. The summed E-state index contributed by atoms with van der Waals surface area (Å²) < 4.78 is 41.2. The van der Waals surface area contributed by atoms with Crippen LogP contribution in [0.15, 0.2) is 36.7 Å². The largest absolute Gasteiger partial charge is 0.505 e. The first-order valence-corrected chi connectivity index (χ1v) is 13.0. The van der Waals surface area contributed by atoms with Gasteiger partial charge < -0.3 is 21.1 Å². The van der Waals surface area contributed by atoms with E-state index in [1.807, 2.05) is 28.6 Å². The number of benzene rings is 2. The molecule has 8 nitrogen and oxygen atoms in total. The highest BCUT2D eigenvalue weighted by atomic mass is 19.4. The maximum absolute atomic E-state index is 13.1. The zero-order valence-electron chi connectivity index (χ0n) is 22.5. The Hall–Kier alpha value is -4.41. The number of para-hydroxylation sites is 1. The number of phenolic OH excluding ortho intramolecular Hbond substituents is 1. The van der Waals surface area contributed by atoms with E-state index in [-0.39, 0.29) is 17.4 Å². The van der Waals surface area contributed by atoms with E-state index in [0.717, 1.165) is 59.5 Å². The number of phenols is 1. The summed E-state index contributed by atoms with van der Waals surface area (Å²) in [4.78, 5) is 9.85. The zero-order chi connectivity index (χ0) is 28.8. The van der Waals surface area contributed by atoms with Crippen molar-refractivity contribution in [3.8, 4) is 22.7 Å². The standard InChI is InChI=1S/C29H30F3N7O/c1-4-6-18-8-5-7-16(2)25(18)39-26(20-11-17(3)27(40)24(34)21(20)12-33)22-15-38(10-9-23(22)37-39)28-35-13-19(14-36-28)29(30,31)32/h5,7-8,11-14,33,40H,4,6,9-10,15,34H2,1-3H3. The van der Waals surface area contributed by atoms with Crippen LogP contribution in [0.3, 0.4) is 0 Å². The third-order valence-corrected chi connectivity index (χ3v) is 7.30. The number of hydrogen-bond acceptors (Lipinski definition) is 7. The van der Waals surface area contributed by atoms with Crippen LogP contribution in [0.2, 0.25) is 0 Å². The lowest BCUT2D eigenvalue weighted by molar-refractivity contribution is -0.138. The number of aromatic nitrogens is 4. The van der Waals surface area contributed by atoms with Crippen molar-refractivity contribution in [2.45, 2.75) is 52.8 Å². The maximum Gasteiger partial charge on any atom is 0.419 e. The van der Waals surface area contributed by atoms with Gasteiger partial charge >= 0.3 is 6.18 Å². The van der Waals surface area contributed by atoms with Crippen molar-refractivity contribution in [3.05, 3.63) is 75.7 Å². The number of nitrogen functional groups attached to an aromatic ring is 1. The Balaban J connectivity index is 1.73. The molecular formula is C29H30F3N7O. The Morgan fingerprint density at radius 1 is 1.15 bits per heavy atom. The van der Waals surface area contributed by atoms with Crippen molar-refractivity contribution in [1.29, 1.82) is 5.41 Å². The zero-order valence-corrected chi connectivity index (χ0v) is 22.5. The number of fused-ring (bicyclic) bond motifs is 1. The predicted molar refractivity (Wildman–Crippen MR) is 148 cm³/mol. The number of aryl methyl sites for hydroxylation is 3. The van der Waals surface area contributed by atoms with Gasteiger partial charge in [-0.3, -0.25) is 0 Å². The first-order chi connectivity index (χ1) is 19.0. The number of rotatable bonds is 6. The molecule has 2 aromatic heterocycles. The first-order valence-electron chi connectivity index (χ1n) is 13.0. The van der Waals surface area contributed by atoms with Crippen molar-refractivity contribution >= 4 is 17.9 Å². The molecule has 5 rings (SSSR count). The van der Waals surface area contributed by atoms with Gasteiger partial charge in [-0.05, 0) is 43.0 Å². The second-order valence-electron chi connectivity index (χ2n) is 10.0. The molecule has 0 aliphatic carbocycles. The Morgan fingerprint density at radius 3 is 2.52 bits per heavy atom. The minimum atomic E-state index is -4.52. The van der Waals surface area contributed by atoms with Gasteiger partial charge in [0.15, 0.2) is 0 Å². The number of hydrogen-bond donors (Lipinski definition) is 3. The number of nitrogens with two attached hydrogens (primary N) is 1. The molecule has 0 radical (unpaired) electrons. The molecule has 0 amide bonds. The molecule has 4 aromatic rings. The third kappa shape index (κ3) is 4.65. The Kier molecular flexibility index (Phi) is 6.99. The van der Waals surface area contributed by atoms with E-state index in [1.165, 1.54) is 0 Å². The summed E-state index contributed by atoms with van der Waals surface area (Å²) in [7, 11) is 0. The fourth-order valence-electron chi connectivity index (χ4n) is 5.31. The second-order valence-corrected chi connectivity index (χ2v) is 10.0. The number of anilines is 2. The van der Waals surface area contributed by atoms with E-state index in [4.69, 9.17) is 16.2 Å². The quantitative estimate of drug-likeness (QED) is 0.160. The van der Waals surface area contributed by atoms with Gasteiger partial charge in [-0.25, -0.2) is 14.6 Å². The molecular weight excluding hydrogens is 519 g/mol. The normalized spacial score (nSPS) is 13.4. The maximum atomic E-state index is 13.1. The summed E-state index contributed by atoms with van der Waals surface area (Å²) in [5, 5.41) is 23.7. The molecule has 2 aromatic carbocycles. The van der Waals surface area contributed by atoms with E-state index in [9.17, 15) is 18.3 Å². The van der Waals surface area contributed by atoms with Crippen LogP contribution >= 0.6 is 0 Å². The van der Waals surface area contributed by atoms with Crippen LogP contribution in [0, 0.1) is 19.3 Å². The summed E-state index contributed by atoms with van der Waals surface area (Å²) >= 11 is 0. The minimum Gasteiger partial charge on any atom is -0.505 e. The Labute approximate surface area is 229 Å². The Morgan fingerprint density at radius 2 is 1.88 bits per heavy atom. The van der Waals surface area contributed by atoms with Crippen LogP contribution in [-0.2, 0) is 25.6 Å². The van der Waals surface area contributed by atoms with Gasteiger partial charge in [0.05, 0.1) is 28.3 Å². The lowest BCUT2D eigenvalue weighted by Crippen LogP contribution is -2.31. The highest BCUT2D eigenvalue weighted by Gasteiger charge is 2.33. The van der Waals surface area contributed by atoms with Crippen molar-refractivity contribution in [2.75, 3.05) is 17.2 Å². The van der Waals surface area contributed by atoms with Crippen molar-refractivity contribution in [1.82, 2.24) is 19.7 Å². The molecule has 11 heteroatoms. The fraction of sp³-hybridized carbons (Fsp3) is 0.310. The summed E-state index contributed by atoms with van der Waals surface area (Å²) in [5.41, 5.74) is 12.5. The monoisotopic (exact) mass is 549 g/mol. The molecule has 1 aliphatic heterocycles. The third-order valence-electron chi connectivity index (χ3n) is 7.30. The van der Waals surface area contributed by atoms with Gasteiger partial charge in [0, 0.05) is 54.8 Å². The van der Waals surface area contributed by atoms with Gasteiger partial charge in [0.2, 0.25) is 5.95 Å². The van der Waals surface area contributed by atoms with Crippen LogP contribution < -0.4 is 10.6 Å². The molecule has 0 atom stereocenters. The van der Waals surface area contributed by atoms with Crippen molar-refractivity contribution in [2.24, 2.45) is 0 Å². The van der Waals surface area contributed by atoms with Crippen LogP contribution in [0.1, 0.15) is 52.4 Å². The van der Waals surface area contributed by atoms with Crippen LogP contribution in [0.4, 0.5) is 24.8 Å². The average Bonchev–Trinajstić information content (AvgIpc) is 3.29. The smallest absolute Gasteiger partial charge is 0.419 e. The van der Waals surface area contributed by atoms with Gasteiger partial charge in [0.1, 0.15) is 5.75 Å². The average molecular weight is 550 g/mol. The highest BCUT2D eigenvalue weighted by molar-refractivity contribution is 5.97. The molecule has 208 valence electrons. The van der Waals surface area contributed by atoms with E-state index >= 15 is 0 Å². The number of nitrogens with zero attached hydrogens (tertiary/aromatic N) is 5. The highest BCUT2D eigenvalue weighted by Crippen LogP contribution is 2.41. The van der Waals surface area contributed by atoms with Crippen LogP contribution in [0.25, 0.3) is 16.9 Å². The Bertz CT molecular complexity index is 1590. The number of alkyl halides is 3. The van der Waals surface area contributed by atoms with E-state index in [1.54, 1.807) is 13.0 Å². The number of aromatic hydroxyl groups is 1. The molecule has 0 fully saturated rings.